The summed E-state index contributed by atoms with van der Waals surface area (Å²) in [4.78, 5) is 29.4. The first-order chi connectivity index (χ1) is 11.5. The predicted molar refractivity (Wildman–Crippen MR) is 90.8 cm³/mol. The number of nitrogens with one attached hydrogen (secondary N) is 1. The lowest BCUT2D eigenvalue weighted by Gasteiger charge is -2.10. The zero-order chi connectivity index (χ0) is 17.5. The molecular formula is C16H14Cl2N2O4. The van der Waals surface area contributed by atoms with Crippen molar-refractivity contribution in [2.75, 3.05) is 6.61 Å². The number of carboxylic acid groups (broad SMARTS) is 1. The summed E-state index contributed by atoms with van der Waals surface area (Å²) >= 11 is 12.2. The van der Waals surface area contributed by atoms with Crippen molar-refractivity contribution in [3.8, 4) is 5.75 Å². The van der Waals surface area contributed by atoms with Gasteiger partial charge in [0, 0.05) is 24.4 Å². The molecule has 2 N–H and O–H groups in total. The van der Waals surface area contributed by atoms with Crippen LogP contribution in [0.2, 0.25) is 10.0 Å². The van der Waals surface area contributed by atoms with E-state index in [1.54, 1.807) is 12.4 Å². The standard InChI is InChI=1S/C16H14Cl2N2O4/c17-15-10(11(21)4-6-13-19-7-8-20-13)3-5-12(16(15)18)24-9-1-2-14(22)23/h3-8H,1-2,9H2,(H,19,20)(H,22,23)/b6-4+. The molecule has 1 aromatic carbocycles. The number of H-pyrrole nitrogens is 1. The van der Waals surface area contributed by atoms with Gasteiger partial charge in [-0.2, -0.15) is 0 Å². The highest BCUT2D eigenvalue weighted by Crippen LogP contribution is 2.35. The lowest BCUT2D eigenvalue weighted by Crippen LogP contribution is -2.03. The van der Waals surface area contributed by atoms with Crippen LogP contribution in [0.5, 0.6) is 5.75 Å². The number of allylic oxidation sites excluding steroid dienone is 1. The van der Waals surface area contributed by atoms with Crippen molar-refractivity contribution in [2.45, 2.75) is 12.8 Å². The summed E-state index contributed by atoms with van der Waals surface area (Å²) in [5, 5.41) is 8.77. The molecule has 0 atom stereocenters. The number of rotatable bonds is 8. The highest BCUT2D eigenvalue weighted by molar-refractivity contribution is 6.45. The molecule has 0 saturated heterocycles. The second kappa shape index (κ2) is 8.52. The SMILES string of the molecule is O=C(O)CCCOc1ccc(C(=O)/C=C/c2ncc[nH]2)c(Cl)c1Cl. The van der Waals surface area contributed by atoms with Crippen molar-refractivity contribution in [1.29, 1.82) is 0 Å². The van der Waals surface area contributed by atoms with E-state index in [1.165, 1.54) is 24.3 Å². The Balaban J connectivity index is 2.05. The molecule has 0 aliphatic rings. The number of hydrogen-bond donors (Lipinski definition) is 2. The molecule has 0 amide bonds. The Hall–Kier alpha value is -2.31. The molecular weight excluding hydrogens is 355 g/mol. The van der Waals surface area contributed by atoms with Crippen molar-refractivity contribution >= 4 is 41.0 Å². The van der Waals surface area contributed by atoms with Crippen molar-refractivity contribution in [3.63, 3.8) is 0 Å². The highest BCUT2D eigenvalue weighted by atomic mass is 35.5. The van der Waals surface area contributed by atoms with E-state index in [0.29, 0.717) is 18.0 Å². The van der Waals surface area contributed by atoms with E-state index in [4.69, 9.17) is 33.0 Å². The van der Waals surface area contributed by atoms with Crippen LogP contribution < -0.4 is 4.74 Å². The Morgan fingerprint density at radius 3 is 2.75 bits per heavy atom. The monoisotopic (exact) mass is 368 g/mol. The zero-order valence-corrected chi connectivity index (χ0v) is 14.0. The maximum Gasteiger partial charge on any atom is 0.303 e. The molecule has 6 nitrogen and oxygen atoms in total. The molecule has 126 valence electrons. The van der Waals surface area contributed by atoms with Crippen LogP contribution in [0.1, 0.15) is 29.0 Å². The summed E-state index contributed by atoms with van der Waals surface area (Å²) in [6.07, 6.45) is 6.43. The molecule has 0 aliphatic carbocycles. The zero-order valence-electron chi connectivity index (χ0n) is 12.5. The first-order valence-corrected chi connectivity index (χ1v) is 7.79. The molecule has 0 spiro atoms. The smallest absolute Gasteiger partial charge is 0.303 e. The van der Waals surface area contributed by atoms with Gasteiger partial charge in [0.15, 0.2) is 5.78 Å². The fourth-order valence-corrected chi connectivity index (χ4v) is 2.32. The minimum atomic E-state index is -0.896. The van der Waals surface area contributed by atoms with Crippen LogP contribution in [-0.4, -0.2) is 33.4 Å². The molecule has 2 aromatic rings. The van der Waals surface area contributed by atoms with Crippen LogP contribution in [0.15, 0.2) is 30.6 Å². The maximum absolute atomic E-state index is 12.2. The van der Waals surface area contributed by atoms with E-state index in [0.717, 1.165) is 0 Å². The van der Waals surface area contributed by atoms with E-state index in [2.05, 4.69) is 9.97 Å². The lowest BCUT2D eigenvalue weighted by atomic mass is 10.1. The summed E-state index contributed by atoms with van der Waals surface area (Å²) in [7, 11) is 0. The maximum atomic E-state index is 12.2. The molecule has 0 radical (unpaired) electrons. The fraction of sp³-hybridized carbons (Fsp3) is 0.188. The van der Waals surface area contributed by atoms with Gasteiger partial charge in [0.05, 0.1) is 11.6 Å². The molecule has 0 aliphatic heterocycles. The number of ketones is 1. The van der Waals surface area contributed by atoms with Crippen LogP contribution in [0.25, 0.3) is 6.08 Å². The van der Waals surface area contributed by atoms with Crippen molar-refractivity contribution in [2.24, 2.45) is 0 Å². The van der Waals surface area contributed by atoms with Crippen LogP contribution in [0.3, 0.4) is 0 Å². The molecule has 0 unspecified atom stereocenters. The number of imidazole rings is 1. The van der Waals surface area contributed by atoms with Gasteiger partial charge in [-0.05, 0) is 30.7 Å². The Bertz CT molecular complexity index is 758. The average Bonchev–Trinajstić information content (AvgIpc) is 3.06. The summed E-state index contributed by atoms with van der Waals surface area (Å²) in [6, 6.07) is 3.04. The first kappa shape index (κ1) is 18.0. The topological polar surface area (TPSA) is 92.3 Å². The highest BCUT2D eigenvalue weighted by Gasteiger charge is 2.15. The second-order valence-corrected chi connectivity index (χ2v) is 5.51. The fourth-order valence-electron chi connectivity index (χ4n) is 1.85. The number of ether oxygens (including phenoxy) is 1. The minimum Gasteiger partial charge on any atom is -0.492 e. The largest absolute Gasteiger partial charge is 0.492 e. The van der Waals surface area contributed by atoms with Gasteiger partial charge in [0.2, 0.25) is 0 Å². The number of carbonyl (C=O) groups is 2. The summed E-state index contributed by atoms with van der Waals surface area (Å²) in [5.41, 5.74) is 0.238. The number of carbonyl (C=O) groups excluding carboxylic acids is 1. The molecule has 8 heteroatoms. The van der Waals surface area contributed by atoms with Gasteiger partial charge in [-0.1, -0.05) is 23.2 Å². The lowest BCUT2D eigenvalue weighted by molar-refractivity contribution is -0.137. The van der Waals surface area contributed by atoms with Gasteiger partial charge in [0.25, 0.3) is 0 Å². The third kappa shape index (κ3) is 4.84. The Morgan fingerprint density at radius 2 is 2.08 bits per heavy atom. The van der Waals surface area contributed by atoms with Gasteiger partial charge in [-0.15, -0.1) is 0 Å². The third-order valence-corrected chi connectivity index (χ3v) is 3.88. The van der Waals surface area contributed by atoms with E-state index in [1.807, 2.05) is 0 Å². The van der Waals surface area contributed by atoms with E-state index in [9.17, 15) is 9.59 Å². The minimum absolute atomic E-state index is 0.000501. The molecule has 0 bridgehead atoms. The Labute approximate surface area is 148 Å². The molecule has 2 rings (SSSR count). The van der Waals surface area contributed by atoms with Crippen molar-refractivity contribution in [1.82, 2.24) is 9.97 Å². The Morgan fingerprint density at radius 1 is 1.29 bits per heavy atom. The van der Waals surface area contributed by atoms with Gasteiger partial charge >= 0.3 is 5.97 Å². The number of aliphatic carboxylic acids is 1. The van der Waals surface area contributed by atoms with E-state index >= 15 is 0 Å². The van der Waals surface area contributed by atoms with Crippen LogP contribution in [0, 0.1) is 0 Å². The van der Waals surface area contributed by atoms with Crippen LogP contribution in [-0.2, 0) is 4.79 Å². The third-order valence-electron chi connectivity index (χ3n) is 3.02. The number of nitrogens with zero attached hydrogens (tertiary/aromatic N) is 1. The number of hydrogen-bond acceptors (Lipinski definition) is 4. The van der Waals surface area contributed by atoms with Gasteiger partial charge in [-0.3, -0.25) is 9.59 Å². The quantitative estimate of drug-likeness (QED) is 0.419. The summed E-state index contributed by atoms with van der Waals surface area (Å²) in [5.74, 6) is -0.370. The predicted octanol–water partition coefficient (Wildman–Crippen LogP) is 3.86. The Kier molecular flexibility index (Phi) is 6.40. The molecule has 24 heavy (non-hydrogen) atoms. The number of carboxylic acids is 1. The van der Waals surface area contributed by atoms with E-state index < -0.39 is 5.97 Å². The summed E-state index contributed by atoms with van der Waals surface area (Å²) < 4.78 is 5.40. The second-order valence-electron chi connectivity index (χ2n) is 4.76. The van der Waals surface area contributed by atoms with Crippen molar-refractivity contribution < 1.29 is 19.4 Å². The molecule has 0 fully saturated rings. The normalized spacial score (nSPS) is 10.9. The average molecular weight is 369 g/mol. The number of benzene rings is 1. The molecule has 1 aromatic heterocycles. The molecule has 0 saturated carbocycles. The van der Waals surface area contributed by atoms with Crippen molar-refractivity contribution in [3.05, 3.63) is 52.0 Å². The van der Waals surface area contributed by atoms with Gasteiger partial charge < -0.3 is 14.8 Å². The summed E-state index contributed by atoms with van der Waals surface area (Å²) in [6.45, 7) is 0.189. The van der Waals surface area contributed by atoms with Gasteiger partial charge in [0.1, 0.15) is 16.6 Å². The van der Waals surface area contributed by atoms with Crippen LogP contribution >= 0.6 is 23.2 Å². The molecule has 1 heterocycles. The van der Waals surface area contributed by atoms with Crippen LogP contribution in [0.4, 0.5) is 0 Å². The number of aromatic nitrogens is 2. The first-order valence-electron chi connectivity index (χ1n) is 7.03. The van der Waals surface area contributed by atoms with E-state index in [-0.39, 0.29) is 34.4 Å². The number of halogens is 2. The number of aromatic amines is 1. The van der Waals surface area contributed by atoms with Gasteiger partial charge in [-0.25, -0.2) is 4.98 Å².